The number of benzene rings is 2. The molecule has 4 heteroatoms. The van der Waals surface area contributed by atoms with Gasteiger partial charge in [-0.3, -0.25) is 4.79 Å². The first-order valence-electron chi connectivity index (χ1n) is 7.89. The number of hydrogen-bond acceptors (Lipinski definition) is 2. The molecule has 0 saturated carbocycles. The number of nitrogens with one attached hydrogen (secondary N) is 1. The molecule has 0 radical (unpaired) electrons. The molecule has 0 spiro atoms. The average Bonchev–Trinajstić information content (AvgIpc) is 2.59. The van der Waals surface area contributed by atoms with Crippen molar-refractivity contribution in [2.24, 2.45) is 5.10 Å². The lowest BCUT2D eigenvalue weighted by atomic mass is 10.0. The predicted molar refractivity (Wildman–Crippen MR) is 96.0 cm³/mol. The third-order valence-corrected chi connectivity index (χ3v) is 3.86. The van der Waals surface area contributed by atoms with Crippen LogP contribution in [-0.2, 0) is 0 Å². The molecule has 0 aromatic heterocycles. The Morgan fingerprint density at radius 1 is 1.04 bits per heavy atom. The summed E-state index contributed by atoms with van der Waals surface area (Å²) in [5.41, 5.74) is 4.98. The van der Waals surface area contributed by atoms with Gasteiger partial charge in [0.15, 0.2) is 0 Å². The monoisotopic (exact) mass is 328 g/mol. The summed E-state index contributed by atoms with van der Waals surface area (Å²) in [7, 11) is 0. The summed E-state index contributed by atoms with van der Waals surface area (Å²) in [6.45, 7) is 2.17. The number of unbranched alkanes of at least 4 members (excludes halogenated alkanes) is 2. The van der Waals surface area contributed by atoms with Crippen molar-refractivity contribution in [3.63, 3.8) is 0 Å². The Balaban J connectivity index is 2.13. The van der Waals surface area contributed by atoms with E-state index >= 15 is 0 Å². The summed E-state index contributed by atoms with van der Waals surface area (Å²) in [6.07, 6.45) is 4.17. The van der Waals surface area contributed by atoms with E-state index in [1.807, 2.05) is 30.3 Å². The van der Waals surface area contributed by atoms with E-state index in [1.54, 1.807) is 24.3 Å². The Hall–Kier alpha value is -2.13. The van der Waals surface area contributed by atoms with Gasteiger partial charge in [0.25, 0.3) is 5.91 Å². The molecular weight excluding hydrogens is 308 g/mol. The number of nitrogens with zero attached hydrogens (tertiary/aromatic N) is 1. The molecule has 0 aliphatic carbocycles. The highest BCUT2D eigenvalue weighted by molar-refractivity contribution is 6.33. The summed E-state index contributed by atoms with van der Waals surface area (Å²) < 4.78 is 0. The van der Waals surface area contributed by atoms with E-state index in [2.05, 4.69) is 17.5 Å². The highest BCUT2D eigenvalue weighted by Gasteiger charge is 2.10. The van der Waals surface area contributed by atoms with Gasteiger partial charge in [0.05, 0.1) is 16.3 Å². The minimum Gasteiger partial charge on any atom is -0.267 e. The maximum absolute atomic E-state index is 12.2. The van der Waals surface area contributed by atoms with Crippen molar-refractivity contribution in [1.82, 2.24) is 5.43 Å². The standard InChI is InChI=1S/C19H21ClN2O/c1-2-3-5-14-18(15-10-6-4-7-11-15)21-22-19(23)16-12-8-9-13-17(16)20/h4,6-13H,2-3,5,14H2,1H3,(H,22,23). The van der Waals surface area contributed by atoms with Crippen molar-refractivity contribution < 1.29 is 4.79 Å². The molecule has 1 N–H and O–H groups in total. The minimum absolute atomic E-state index is 0.292. The van der Waals surface area contributed by atoms with E-state index in [4.69, 9.17) is 11.6 Å². The van der Waals surface area contributed by atoms with E-state index < -0.39 is 0 Å². The van der Waals surface area contributed by atoms with Crippen LogP contribution in [0.4, 0.5) is 0 Å². The quantitative estimate of drug-likeness (QED) is 0.431. The van der Waals surface area contributed by atoms with E-state index in [-0.39, 0.29) is 5.91 Å². The van der Waals surface area contributed by atoms with Crippen molar-refractivity contribution >= 4 is 23.2 Å². The molecular formula is C19H21ClN2O. The highest BCUT2D eigenvalue weighted by Crippen LogP contribution is 2.15. The fourth-order valence-electron chi connectivity index (χ4n) is 2.26. The Morgan fingerprint density at radius 3 is 2.43 bits per heavy atom. The van der Waals surface area contributed by atoms with Gasteiger partial charge < -0.3 is 0 Å². The minimum atomic E-state index is -0.292. The Kier molecular flexibility index (Phi) is 6.82. The molecule has 0 aliphatic heterocycles. The number of amides is 1. The van der Waals surface area contributed by atoms with Crippen LogP contribution in [0.2, 0.25) is 5.02 Å². The average molecular weight is 329 g/mol. The van der Waals surface area contributed by atoms with Gasteiger partial charge in [0, 0.05) is 0 Å². The molecule has 0 saturated heterocycles. The summed E-state index contributed by atoms with van der Waals surface area (Å²) in [6, 6.07) is 16.9. The maximum atomic E-state index is 12.2. The van der Waals surface area contributed by atoms with Gasteiger partial charge in [-0.15, -0.1) is 0 Å². The number of hydrazone groups is 1. The van der Waals surface area contributed by atoms with Crippen LogP contribution in [0.3, 0.4) is 0 Å². The van der Waals surface area contributed by atoms with Crippen molar-refractivity contribution in [3.05, 3.63) is 70.7 Å². The second kappa shape index (κ2) is 9.11. The lowest BCUT2D eigenvalue weighted by Crippen LogP contribution is -2.20. The van der Waals surface area contributed by atoms with Crippen molar-refractivity contribution in [2.45, 2.75) is 32.6 Å². The predicted octanol–water partition coefficient (Wildman–Crippen LogP) is 5.05. The molecule has 0 aliphatic rings. The van der Waals surface area contributed by atoms with Crippen LogP contribution < -0.4 is 5.43 Å². The molecule has 23 heavy (non-hydrogen) atoms. The molecule has 2 aromatic carbocycles. The van der Waals surface area contributed by atoms with Crippen molar-refractivity contribution in [2.75, 3.05) is 0 Å². The number of hydrogen-bond donors (Lipinski definition) is 1. The van der Waals surface area contributed by atoms with Gasteiger partial charge in [-0.25, -0.2) is 5.43 Å². The number of rotatable bonds is 7. The maximum Gasteiger partial charge on any atom is 0.272 e. The van der Waals surface area contributed by atoms with Gasteiger partial charge in [-0.2, -0.15) is 5.10 Å². The van der Waals surface area contributed by atoms with Crippen LogP contribution >= 0.6 is 11.6 Å². The van der Waals surface area contributed by atoms with Gasteiger partial charge in [0.2, 0.25) is 0 Å². The third kappa shape index (κ3) is 5.22. The summed E-state index contributed by atoms with van der Waals surface area (Å²) in [4.78, 5) is 12.2. The zero-order chi connectivity index (χ0) is 16.5. The fourth-order valence-corrected chi connectivity index (χ4v) is 2.48. The van der Waals surface area contributed by atoms with Crippen LogP contribution in [0.1, 0.15) is 48.5 Å². The summed E-state index contributed by atoms with van der Waals surface area (Å²) in [5, 5.41) is 4.77. The van der Waals surface area contributed by atoms with Gasteiger partial charge in [-0.1, -0.05) is 73.8 Å². The molecule has 1 amide bonds. The van der Waals surface area contributed by atoms with Crippen LogP contribution in [0.15, 0.2) is 59.7 Å². The largest absolute Gasteiger partial charge is 0.272 e. The molecule has 0 unspecified atom stereocenters. The van der Waals surface area contributed by atoms with Crippen molar-refractivity contribution in [3.8, 4) is 0 Å². The van der Waals surface area contributed by atoms with Crippen molar-refractivity contribution in [1.29, 1.82) is 0 Å². The molecule has 0 fully saturated rings. The first-order chi connectivity index (χ1) is 11.2. The molecule has 120 valence electrons. The van der Waals surface area contributed by atoms with Crippen LogP contribution in [0.25, 0.3) is 0 Å². The Morgan fingerprint density at radius 2 is 1.74 bits per heavy atom. The molecule has 3 nitrogen and oxygen atoms in total. The number of carbonyl (C=O) groups is 1. The van der Waals surface area contributed by atoms with E-state index in [0.29, 0.717) is 10.6 Å². The Labute approximate surface area is 142 Å². The zero-order valence-corrected chi connectivity index (χ0v) is 14.0. The zero-order valence-electron chi connectivity index (χ0n) is 13.3. The van der Waals surface area contributed by atoms with E-state index in [1.165, 1.54) is 0 Å². The van der Waals surface area contributed by atoms with Crippen LogP contribution in [-0.4, -0.2) is 11.6 Å². The van der Waals surface area contributed by atoms with Gasteiger partial charge in [0.1, 0.15) is 0 Å². The SMILES string of the molecule is CCCCCC(=NNC(=O)c1ccccc1Cl)c1ccccc1. The fraction of sp³-hybridized carbons (Fsp3) is 0.263. The van der Waals surface area contributed by atoms with Gasteiger partial charge >= 0.3 is 0 Å². The number of halogens is 1. The van der Waals surface area contributed by atoms with Crippen LogP contribution in [0.5, 0.6) is 0 Å². The second-order valence-corrected chi connectivity index (χ2v) is 5.71. The lowest BCUT2D eigenvalue weighted by Gasteiger charge is -2.08. The van der Waals surface area contributed by atoms with E-state index in [9.17, 15) is 4.79 Å². The molecule has 0 bridgehead atoms. The smallest absolute Gasteiger partial charge is 0.267 e. The molecule has 0 heterocycles. The number of carbonyl (C=O) groups excluding carboxylic acids is 1. The first kappa shape index (κ1) is 17.2. The molecule has 2 aromatic rings. The topological polar surface area (TPSA) is 41.5 Å². The lowest BCUT2D eigenvalue weighted by molar-refractivity contribution is 0.0955. The molecule has 0 atom stereocenters. The first-order valence-corrected chi connectivity index (χ1v) is 8.27. The second-order valence-electron chi connectivity index (χ2n) is 5.30. The Bertz CT molecular complexity index is 668. The summed E-state index contributed by atoms with van der Waals surface area (Å²) >= 11 is 6.04. The highest BCUT2D eigenvalue weighted by atomic mass is 35.5. The third-order valence-electron chi connectivity index (χ3n) is 3.54. The van der Waals surface area contributed by atoms with Gasteiger partial charge in [-0.05, 0) is 30.5 Å². The van der Waals surface area contributed by atoms with Crippen LogP contribution in [0, 0.1) is 0 Å². The summed E-state index contributed by atoms with van der Waals surface area (Å²) in [5.74, 6) is -0.292. The normalized spacial score (nSPS) is 11.3. The molecule has 2 rings (SSSR count). The van der Waals surface area contributed by atoms with E-state index in [0.717, 1.165) is 37.0 Å².